The van der Waals surface area contributed by atoms with Gasteiger partial charge in [0, 0.05) is 6.42 Å². The number of unbranched alkanes of at least 4 members (excludes halogenated alkanes) is 10. The van der Waals surface area contributed by atoms with E-state index in [1.54, 1.807) is 24.3 Å². The maximum absolute atomic E-state index is 11.9. The zero-order valence-corrected chi connectivity index (χ0v) is 16.2. The molecule has 3 nitrogen and oxygen atoms in total. The van der Waals surface area contributed by atoms with Crippen molar-refractivity contribution in [3.05, 3.63) is 29.8 Å². The Morgan fingerprint density at radius 1 is 0.840 bits per heavy atom. The first-order chi connectivity index (χ1) is 12.1. The molecule has 140 valence electrons. The van der Waals surface area contributed by atoms with Crippen molar-refractivity contribution in [1.82, 2.24) is 0 Å². The fourth-order valence-corrected chi connectivity index (χ4v) is 2.98. The van der Waals surface area contributed by atoms with Crippen LogP contribution >= 0.6 is 11.6 Å². The largest absolute Gasteiger partial charge is 0.426 e. The average Bonchev–Trinajstić information content (AvgIpc) is 2.60. The van der Waals surface area contributed by atoms with Gasteiger partial charge in [-0.3, -0.25) is 9.59 Å². The summed E-state index contributed by atoms with van der Waals surface area (Å²) in [5, 5.41) is -0.613. The van der Waals surface area contributed by atoms with E-state index in [1.165, 1.54) is 57.8 Å². The van der Waals surface area contributed by atoms with Gasteiger partial charge in [0.1, 0.15) is 5.75 Å². The van der Waals surface area contributed by atoms with Gasteiger partial charge in [-0.15, -0.1) is 0 Å². The van der Waals surface area contributed by atoms with Gasteiger partial charge in [-0.05, 0) is 30.2 Å². The summed E-state index contributed by atoms with van der Waals surface area (Å²) in [7, 11) is 0. The number of para-hydroxylation sites is 1. The van der Waals surface area contributed by atoms with Crippen molar-refractivity contribution >= 4 is 22.8 Å². The Hall–Kier alpha value is -1.35. The van der Waals surface area contributed by atoms with Gasteiger partial charge in [0.15, 0.2) is 0 Å². The van der Waals surface area contributed by atoms with E-state index >= 15 is 0 Å². The molecule has 0 bridgehead atoms. The highest BCUT2D eigenvalue weighted by Gasteiger charge is 2.12. The van der Waals surface area contributed by atoms with Crippen LogP contribution in [0.2, 0.25) is 0 Å². The SMILES string of the molecule is CCCCCCCCCCCCCC(=O)Oc1ccccc1C(=O)Cl. The molecular weight excluding hydrogens is 336 g/mol. The first-order valence-electron chi connectivity index (χ1n) is 9.64. The lowest BCUT2D eigenvalue weighted by Crippen LogP contribution is -2.09. The number of benzene rings is 1. The molecule has 0 unspecified atom stereocenters. The van der Waals surface area contributed by atoms with E-state index in [4.69, 9.17) is 16.3 Å². The molecule has 0 aliphatic carbocycles. The summed E-state index contributed by atoms with van der Waals surface area (Å²) >= 11 is 5.48. The monoisotopic (exact) mass is 366 g/mol. The minimum Gasteiger partial charge on any atom is -0.426 e. The predicted octanol–water partition coefficient (Wildman–Crippen LogP) is 6.67. The van der Waals surface area contributed by atoms with Crippen LogP contribution in [0.25, 0.3) is 0 Å². The summed E-state index contributed by atoms with van der Waals surface area (Å²) in [6.07, 6.45) is 14.0. The number of hydrogen-bond donors (Lipinski definition) is 0. The number of halogens is 1. The molecule has 0 heterocycles. The minimum absolute atomic E-state index is 0.233. The number of rotatable bonds is 14. The highest BCUT2D eigenvalue weighted by molar-refractivity contribution is 6.68. The summed E-state index contributed by atoms with van der Waals surface area (Å²) in [5.41, 5.74) is 0.233. The van der Waals surface area contributed by atoms with Crippen molar-refractivity contribution in [2.45, 2.75) is 84.0 Å². The number of hydrogen-bond acceptors (Lipinski definition) is 3. The summed E-state index contributed by atoms with van der Waals surface area (Å²) in [6, 6.07) is 6.55. The van der Waals surface area contributed by atoms with Gasteiger partial charge in [0.05, 0.1) is 5.56 Å². The lowest BCUT2D eigenvalue weighted by molar-refractivity contribution is -0.134. The molecule has 0 N–H and O–H groups in total. The molecule has 0 fully saturated rings. The third-order valence-electron chi connectivity index (χ3n) is 4.31. The fourth-order valence-electron chi connectivity index (χ4n) is 2.83. The standard InChI is InChI=1S/C21H31ClO3/c1-2-3-4-5-6-7-8-9-10-11-12-17-20(23)25-19-16-14-13-15-18(19)21(22)24/h13-16H,2-12,17H2,1H3. The third-order valence-corrected chi connectivity index (χ3v) is 4.51. The first-order valence-corrected chi connectivity index (χ1v) is 10.0. The molecule has 1 aromatic carbocycles. The molecule has 0 amide bonds. The van der Waals surface area contributed by atoms with Crippen molar-refractivity contribution in [1.29, 1.82) is 0 Å². The van der Waals surface area contributed by atoms with Gasteiger partial charge in [-0.1, -0.05) is 83.3 Å². The van der Waals surface area contributed by atoms with Gasteiger partial charge < -0.3 is 4.74 Å². The first kappa shape index (κ1) is 21.7. The molecule has 25 heavy (non-hydrogen) atoms. The predicted molar refractivity (Wildman–Crippen MR) is 103 cm³/mol. The molecule has 0 spiro atoms. The smallest absolute Gasteiger partial charge is 0.311 e. The second kappa shape index (κ2) is 13.9. The van der Waals surface area contributed by atoms with Crippen LogP contribution in [0.1, 0.15) is 94.3 Å². The zero-order valence-electron chi connectivity index (χ0n) is 15.4. The molecule has 0 aliphatic rings. The Morgan fingerprint density at radius 3 is 1.92 bits per heavy atom. The van der Waals surface area contributed by atoms with Crippen LogP contribution in [0, 0.1) is 0 Å². The van der Waals surface area contributed by atoms with E-state index in [2.05, 4.69) is 6.92 Å². The van der Waals surface area contributed by atoms with Crippen LogP contribution in [0.3, 0.4) is 0 Å². The summed E-state index contributed by atoms with van der Waals surface area (Å²) in [5.74, 6) is -0.0585. The summed E-state index contributed by atoms with van der Waals surface area (Å²) in [4.78, 5) is 23.2. The molecular formula is C21H31ClO3. The highest BCUT2D eigenvalue weighted by Crippen LogP contribution is 2.21. The Balaban J connectivity index is 2.05. The van der Waals surface area contributed by atoms with Crippen LogP contribution in [-0.4, -0.2) is 11.2 Å². The van der Waals surface area contributed by atoms with Crippen LogP contribution in [0.15, 0.2) is 24.3 Å². The molecule has 0 atom stereocenters. The molecule has 0 aromatic heterocycles. The molecule has 1 rings (SSSR count). The molecule has 0 aliphatic heterocycles. The highest BCUT2D eigenvalue weighted by atomic mass is 35.5. The molecule has 0 saturated carbocycles. The van der Waals surface area contributed by atoms with E-state index in [9.17, 15) is 9.59 Å². The van der Waals surface area contributed by atoms with Gasteiger partial charge in [-0.2, -0.15) is 0 Å². The summed E-state index contributed by atoms with van der Waals surface area (Å²) < 4.78 is 5.25. The van der Waals surface area contributed by atoms with Gasteiger partial charge >= 0.3 is 5.97 Å². The molecule has 0 radical (unpaired) electrons. The Labute approximate surface area is 157 Å². The van der Waals surface area contributed by atoms with Crippen molar-refractivity contribution in [2.24, 2.45) is 0 Å². The number of ether oxygens (including phenoxy) is 1. The van der Waals surface area contributed by atoms with Crippen LogP contribution < -0.4 is 4.74 Å². The van der Waals surface area contributed by atoms with Crippen molar-refractivity contribution in [3.8, 4) is 5.75 Å². The van der Waals surface area contributed by atoms with Crippen molar-refractivity contribution in [3.63, 3.8) is 0 Å². The maximum atomic E-state index is 11.9. The van der Waals surface area contributed by atoms with Crippen LogP contribution in [0.5, 0.6) is 5.75 Å². The topological polar surface area (TPSA) is 43.4 Å². The normalized spacial score (nSPS) is 10.6. The Bertz CT molecular complexity index is 514. The minimum atomic E-state index is -0.613. The van der Waals surface area contributed by atoms with E-state index < -0.39 is 5.24 Å². The molecule has 1 aromatic rings. The quantitative estimate of drug-likeness (QED) is 0.160. The van der Waals surface area contributed by atoms with Crippen molar-refractivity contribution in [2.75, 3.05) is 0 Å². The van der Waals surface area contributed by atoms with Crippen LogP contribution in [0.4, 0.5) is 0 Å². The van der Waals surface area contributed by atoms with E-state index in [1.807, 2.05) is 0 Å². The maximum Gasteiger partial charge on any atom is 0.311 e. The second-order valence-corrected chi connectivity index (χ2v) is 6.87. The van der Waals surface area contributed by atoms with Crippen molar-refractivity contribution < 1.29 is 14.3 Å². The van der Waals surface area contributed by atoms with Gasteiger partial charge in [0.25, 0.3) is 5.24 Å². The second-order valence-electron chi connectivity index (χ2n) is 6.53. The molecule has 0 saturated heterocycles. The Kier molecular flexibility index (Phi) is 12.0. The van der Waals surface area contributed by atoms with E-state index in [-0.39, 0.29) is 17.3 Å². The van der Waals surface area contributed by atoms with E-state index in [0.717, 1.165) is 12.8 Å². The van der Waals surface area contributed by atoms with Crippen LogP contribution in [-0.2, 0) is 4.79 Å². The number of carbonyl (C=O) groups is 2. The van der Waals surface area contributed by atoms with E-state index in [0.29, 0.717) is 6.42 Å². The average molecular weight is 367 g/mol. The summed E-state index contributed by atoms with van der Waals surface area (Å²) in [6.45, 7) is 2.24. The number of carbonyl (C=O) groups excluding carboxylic acids is 2. The lowest BCUT2D eigenvalue weighted by Gasteiger charge is -2.07. The third kappa shape index (κ3) is 10.3. The van der Waals surface area contributed by atoms with Gasteiger partial charge in [-0.25, -0.2) is 0 Å². The zero-order chi connectivity index (χ0) is 18.3. The Morgan fingerprint density at radius 2 is 1.36 bits per heavy atom. The van der Waals surface area contributed by atoms with Gasteiger partial charge in [0.2, 0.25) is 0 Å². The lowest BCUT2D eigenvalue weighted by atomic mass is 10.1. The molecule has 4 heteroatoms. The number of esters is 1. The fraction of sp³-hybridized carbons (Fsp3) is 0.619.